The number of aliphatic carboxylic acids is 1. The number of aliphatic hydroxyl groups is 27. The molecule has 46 atom stereocenters. The smallest absolute Gasteiger partial charge is 0.364 e. The molecule has 666 valence electrons. The standard InChI is InChI=1S/C63H105N3O49/c1-14(74)64-27-17(77)4-63(62(97)98,114-50(27)30(79)18(78)5-67)115-53-33(82)21(8-70)104-61(46(53)95)113-52-35(84)26(13-100-56-29(66-16(3)76)37(86)48(24(11-73)106-56)110-58-43(92)39(88)32(81)20(7-69)103-58)108-60(45(52)94)112-51-34(83)25(107-59(44(51)93)111-49-22(9-71)101-54(96)41(90)40(49)89)12-99-55-28(65-15(2)75)36(85)47(23(10-72)105-55)109-57-42(91)38(87)31(80)19(6-68)102-57/h17-61,67-73,77-96H,4-13H2,1-3H3,(H,64,74)(H,65,75)(H,66,76)(H,97,98)/t17-,18+,19+,20+,21+,22+,23+,24+,25+,26+,27+,28+,29+,30+,31-,32-,33-,34-,35-,36+,37+,38-,39-,40+,41+,42+,43+,44+,45+,46+,47+,48+,49+,50+,51-,52-,53-,54?,55+,56+,57-,58-,59-,60-,61-,63-/m0/s1. The second-order valence-corrected chi connectivity index (χ2v) is 28.9. The molecule has 9 heterocycles. The molecule has 9 aliphatic heterocycles. The molecule has 0 aromatic rings. The fraction of sp³-hybridized carbons (Fsp3) is 0.937. The van der Waals surface area contributed by atoms with Gasteiger partial charge < -0.3 is 239 Å². The predicted molar refractivity (Wildman–Crippen MR) is 349 cm³/mol. The summed E-state index contributed by atoms with van der Waals surface area (Å²) >= 11 is 0. The molecule has 0 aliphatic carbocycles. The van der Waals surface area contributed by atoms with Crippen LogP contribution >= 0.6 is 0 Å². The fourth-order valence-electron chi connectivity index (χ4n) is 14.7. The van der Waals surface area contributed by atoms with Gasteiger partial charge in [0, 0.05) is 27.2 Å². The van der Waals surface area contributed by atoms with Gasteiger partial charge in [0.25, 0.3) is 5.79 Å². The fourth-order valence-corrected chi connectivity index (χ4v) is 14.7. The average Bonchev–Trinajstić information content (AvgIpc) is 0.751. The number of ether oxygens (including phenoxy) is 17. The molecule has 0 saturated carbocycles. The van der Waals surface area contributed by atoms with Crippen molar-refractivity contribution in [3.05, 3.63) is 0 Å². The molecule has 52 heteroatoms. The van der Waals surface area contributed by atoms with Crippen molar-refractivity contribution in [1.82, 2.24) is 16.0 Å². The van der Waals surface area contributed by atoms with Crippen molar-refractivity contribution in [2.45, 2.75) is 309 Å². The Morgan fingerprint density at radius 1 is 0.357 bits per heavy atom. The second-order valence-electron chi connectivity index (χ2n) is 28.9. The molecule has 9 rings (SSSR count). The summed E-state index contributed by atoms with van der Waals surface area (Å²) in [5.41, 5.74) is 0. The van der Waals surface area contributed by atoms with E-state index in [1.807, 2.05) is 0 Å². The molecule has 0 aromatic carbocycles. The summed E-state index contributed by atoms with van der Waals surface area (Å²) in [6.07, 6.45) is -93.0. The minimum absolute atomic E-state index is 0.914. The van der Waals surface area contributed by atoms with Crippen molar-refractivity contribution in [2.75, 3.05) is 59.5 Å². The molecule has 9 fully saturated rings. The van der Waals surface area contributed by atoms with Crippen molar-refractivity contribution in [1.29, 1.82) is 0 Å². The van der Waals surface area contributed by atoms with Gasteiger partial charge in [0.05, 0.1) is 71.6 Å². The van der Waals surface area contributed by atoms with Crippen molar-refractivity contribution in [2.24, 2.45) is 0 Å². The maximum atomic E-state index is 13.4. The number of nitrogens with one attached hydrogen (secondary N) is 3. The van der Waals surface area contributed by atoms with Gasteiger partial charge in [0.2, 0.25) is 17.7 Å². The zero-order chi connectivity index (χ0) is 85.0. The number of amides is 3. The van der Waals surface area contributed by atoms with Gasteiger partial charge in [-0.05, 0) is 0 Å². The maximum Gasteiger partial charge on any atom is 0.364 e. The molecule has 52 nitrogen and oxygen atoms in total. The summed E-state index contributed by atoms with van der Waals surface area (Å²) in [6.45, 7) is -7.41. The van der Waals surface area contributed by atoms with E-state index >= 15 is 0 Å². The first-order valence-corrected chi connectivity index (χ1v) is 36.3. The quantitative estimate of drug-likeness (QED) is 0.0306. The van der Waals surface area contributed by atoms with Gasteiger partial charge in [-0.3, -0.25) is 14.4 Å². The number of carboxylic acids is 1. The number of hydrogen-bond donors (Lipinski definition) is 31. The summed E-state index contributed by atoms with van der Waals surface area (Å²) in [7, 11) is 0. The van der Waals surface area contributed by atoms with E-state index in [-0.39, 0.29) is 0 Å². The number of carboxylic acid groups (broad SMARTS) is 1. The summed E-state index contributed by atoms with van der Waals surface area (Å²) in [5, 5.41) is 316. The molecular formula is C63H105N3O49. The lowest BCUT2D eigenvalue weighted by Crippen LogP contribution is -2.71. The van der Waals surface area contributed by atoms with E-state index in [0.717, 1.165) is 20.8 Å². The highest BCUT2D eigenvalue weighted by atomic mass is 16.8. The van der Waals surface area contributed by atoms with Crippen LogP contribution in [0.15, 0.2) is 0 Å². The van der Waals surface area contributed by atoms with E-state index in [1.54, 1.807) is 0 Å². The van der Waals surface area contributed by atoms with Gasteiger partial charge >= 0.3 is 5.97 Å². The second kappa shape index (κ2) is 40.9. The van der Waals surface area contributed by atoms with Crippen LogP contribution in [0, 0.1) is 0 Å². The molecule has 3 amide bonds. The average molecular weight is 1690 g/mol. The van der Waals surface area contributed by atoms with E-state index in [2.05, 4.69) is 16.0 Å². The van der Waals surface area contributed by atoms with Crippen LogP contribution in [0.4, 0.5) is 0 Å². The Bertz CT molecular complexity index is 3080. The van der Waals surface area contributed by atoms with Gasteiger partial charge in [-0.15, -0.1) is 0 Å². The van der Waals surface area contributed by atoms with E-state index in [9.17, 15) is 162 Å². The van der Waals surface area contributed by atoms with Crippen LogP contribution in [0.3, 0.4) is 0 Å². The first-order chi connectivity index (χ1) is 54.2. The van der Waals surface area contributed by atoms with E-state index in [1.165, 1.54) is 0 Å². The third-order valence-corrected chi connectivity index (χ3v) is 20.9. The Kier molecular flexibility index (Phi) is 33.7. The largest absolute Gasteiger partial charge is 0.477 e. The molecule has 0 aromatic heterocycles. The van der Waals surface area contributed by atoms with Crippen LogP contribution in [0.1, 0.15) is 27.2 Å². The normalized spacial score (nSPS) is 48.6. The summed E-state index contributed by atoms with van der Waals surface area (Å²) in [6, 6.07) is -5.55. The molecule has 0 spiro atoms. The van der Waals surface area contributed by atoms with Crippen LogP contribution in [0.25, 0.3) is 0 Å². The Labute approximate surface area is 649 Å². The van der Waals surface area contributed by atoms with Gasteiger partial charge in [-0.2, -0.15) is 0 Å². The number of carbonyl (C=O) groups is 4. The van der Waals surface area contributed by atoms with Crippen molar-refractivity contribution < 1.29 is 243 Å². The molecule has 31 N–H and O–H groups in total. The lowest BCUT2D eigenvalue weighted by atomic mass is 9.88. The summed E-state index contributed by atoms with van der Waals surface area (Å²) < 4.78 is 98.8. The molecule has 9 saturated heterocycles. The van der Waals surface area contributed by atoms with E-state index in [0.29, 0.717) is 0 Å². The van der Waals surface area contributed by atoms with Crippen LogP contribution in [0.5, 0.6) is 0 Å². The van der Waals surface area contributed by atoms with Gasteiger partial charge in [0.15, 0.2) is 50.3 Å². The highest BCUT2D eigenvalue weighted by Crippen LogP contribution is 2.42. The summed E-state index contributed by atoms with van der Waals surface area (Å²) in [4.78, 5) is 51.5. The number of aliphatic hydroxyl groups excluding tert-OH is 27. The van der Waals surface area contributed by atoms with Crippen molar-refractivity contribution >= 4 is 23.7 Å². The summed E-state index contributed by atoms with van der Waals surface area (Å²) in [5.74, 6) is -8.40. The zero-order valence-corrected chi connectivity index (χ0v) is 61.1. The minimum Gasteiger partial charge on any atom is -0.477 e. The van der Waals surface area contributed by atoms with Crippen LogP contribution in [0.2, 0.25) is 0 Å². The maximum absolute atomic E-state index is 13.4. The highest BCUT2D eigenvalue weighted by molar-refractivity contribution is 5.77. The highest BCUT2D eigenvalue weighted by Gasteiger charge is 2.63. The third-order valence-electron chi connectivity index (χ3n) is 20.9. The SMILES string of the molecule is CC(=O)N[C@H]1[C@H](OC[C@H]2O[C@@H](O[C@H]3[C@@H](O)[C@@H](CO[C@@H]4O[C@H](CO)[C@@H](O[C@@H]5O[C@H](CO)[C@H](O)[C@H](O)[C@H]5O)[C@H](O)[C@H]4NC(C)=O)O[C@@H](O[C@H]4[C@H](O)[C@@H](O)C(O)O[C@@H]4CO)[C@@H]3O)[C@H](O)[C@@H](O[C@@H]3O[C@H](CO)[C@H](O)[C@H](O[C@]4(C(=O)O)C[C@H](O)[C@@H](NC(C)=O)[C@H]([C@H](O)[C@H](O)CO)O4)[C@H]3O)[C@H]2O)O[C@H](CO)[C@@H](O[C@@H]2O[C@H](CO)[C@H](O)[C@H](O)[C@H]2O)[C@@H]1O. The Hall–Kier alpha value is -3.88. The van der Waals surface area contributed by atoms with Gasteiger partial charge in [0.1, 0.15) is 214 Å². The predicted octanol–water partition coefficient (Wildman–Crippen LogP) is -21.0. The minimum atomic E-state index is -3.40. The van der Waals surface area contributed by atoms with Crippen molar-refractivity contribution in [3.63, 3.8) is 0 Å². The molecular weight excluding hydrogens is 1580 g/mol. The van der Waals surface area contributed by atoms with E-state index in [4.69, 9.17) is 80.5 Å². The first kappa shape index (κ1) is 95.0. The monoisotopic (exact) mass is 1690 g/mol. The number of hydrogen-bond acceptors (Lipinski definition) is 48. The van der Waals surface area contributed by atoms with Crippen LogP contribution in [-0.2, 0) is 99.7 Å². The van der Waals surface area contributed by atoms with Crippen LogP contribution in [-0.4, -0.2) is 508 Å². The number of carbonyl (C=O) groups excluding carboxylic acids is 3. The lowest BCUT2D eigenvalue weighted by Gasteiger charge is -2.51. The van der Waals surface area contributed by atoms with E-state index < -0.39 is 371 Å². The molecule has 0 bridgehead atoms. The third kappa shape index (κ3) is 20.7. The lowest BCUT2D eigenvalue weighted by molar-refractivity contribution is -0.400. The first-order valence-electron chi connectivity index (χ1n) is 36.3. The molecule has 9 aliphatic rings. The molecule has 0 radical (unpaired) electrons. The Morgan fingerprint density at radius 3 is 1.05 bits per heavy atom. The zero-order valence-electron chi connectivity index (χ0n) is 61.1. The Morgan fingerprint density at radius 2 is 0.678 bits per heavy atom. The van der Waals surface area contributed by atoms with Crippen LogP contribution < -0.4 is 16.0 Å². The topological polar surface area (TPSA) is 828 Å². The molecule has 115 heavy (non-hydrogen) atoms. The van der Waals surface area contributed by atoms with Crippen molar-refractivity contribution in [3.8, 4) is 0 Å². The number of rotatable bonds is 31. The Balaban J connectivity index is 1.07. The molecule has 1 unspecified atom stereocenters. The van der Waals surface area contributed by atoms with Gasteiger partial charge in [-0.1, -0.05) is 0 Å². The van der Waals surface area contributed by atoms with Gasteiger partial charge in [-0.25, -0.2) is 4.79 Å².